The van der Waals surface area contributed by atoms with E-state index in [1.54, 1.807) is 0 Å². The number of carbonyl (C=O) groups is 1. The molecule has 0 aliphatic rings. The lowest BCUT2D eigenvalue weighted by Crippen LogP contribution is -2.43. The van der Waals surface area contributed by atoms with Crippen LogP contribution >= 0.6 is 0 Å². The normalized spacial score (nSPS) is 12.1. The summed E-state index contributed by atoms with van der Waals surface area (Å²) < 4.78 is 7.96. The highest BCUT2D eigenvalue weighted by Gasteiger charge is 2.24. The molecule has 0 aliphatic carbocycles. The predicted molar refractivity (Wildman–Crippen MR) is 121 cm³/mol. The van der Waals surface area contributed by atoms with E-state index in [1.807, 2.05) is 47.4 Å². The molecule has 1 atom stereocenters. The molecule has 0 bridgehead atoms. The van der Waals surface area contributed by atoms with Gasteiger partial charge in [-0.2, -0.15) is 0 Å². The summed E-state index contributed by atoms with van der Waals surface area (Å²) in [7, 11) is 0. The smallest absolute Gasteiger partial charge is 0.249 e. The Morgan fingerprint density at radius 2 is 1.53 bits per heavy atom. The molecule has 0 spiro atoms. The van der Waals surface area contributed by atoms with Gasteiger partial charge in [0.05, 0.1) is 13.2 Å². The largest absolute Gasteiger partial charge is 0.367 e. The quantitative estimate of drug-likeness (QED) is 0.470. The van der Waals surface area contributed by atoms with Gasteiger partial charge in [-0.3, -0.25) is 4.79 Å². The molecule has 0 radical (unpaired) electrons. The number of hydrogen-bond acceptors (Lipinski definition) is 2. The first-order chi connectivity index (χ1) is 14.5. The van der Waals surface area contributed by atoms with Gasteiger partial charge < -0.3 is 14.2 Å². The van der Waals surface area contributed by atoms with Crippen LogP contribution in [0.15, 0.2) is 79.0 Å². The number of ether oxygens (including phenoxy) is 1. The summed E-state index contributed by atoms with van der Waals surface area (Å²) in [5, 5.41) is 0. The standard InChI is InChI=1S/C26H32N2O2/c1-21(2)22(3)28(26(29)20-30-19-24-13-8-5-9-14-24)18-25-15-10-16-27(25)17-23-11-6-4-7-12-23/h4-16,21-22H,17-20H2,1-3H3/t22-/m0/s1. The van der Waals surface area contributed by atoms with Crippen molar-refractivity contribution in [2.75, 3.05) is 6.61 Å². The Bertz CT molecular complexity index is 903. The maximum Gasteiger partial charge on any atom is 0.249 e. The molecular weight excluding hydrogens is 372 g/mol. The summed E-state index contributed by atoms with van der Waals surface area (Å²) in [5.74, 6) is 0.389. The van der Waals surface area contributed by atoms with Gasteiger partial charge in [-0.15, -0.1) is 0 Å². The maximum atomic E-state index is 13.1. The van der Waals surface area contributed by atoms with Gasteiger partial charge in [0.15, 0.2) is 0 Å². The van der Waals surface area contributed by atoms with E-state index in [0.29, 0.717) is 19.1 Å². The number of carbonyl (C=O) groups excluding carboxylic acids is 1. The molecule has 0 unspecified atom stereocenters. The third kappa shape index (κ3) is 6.07. The fourth-order valence-electron chi connectivity index (χ4n) is 3.43. The van der Waals surface area contributed by atoms with Crippen molar-refractivity contribution in [3.8, 4) is 0 Å². The summed E-state index contributed by atoms with van der Waals surface area (Å²) in [5.41, 5.74) is 3.45. The second-order valence-electron chi connectivity index (χ2n) is 8.10. The van der Waals surface area contributed by atoms with Crippen LogP contribution in [-0.4, -0.2) is 28.0 Å². The van der Waals surface area contributed by atoms with E-state index in [4.69, 9.17) is 4.74 Å². The lowest BCUT2D eigenvalue weighted by atomic mass is 10.0. The van der Waals surface area contributed by atoms with Crippen LogP contribution in [0.4, 0.5) is 0 Å². The molecule has 30 heavy (non-hydrogen) atoms. The zero-order valence-corrected chi connectivity index (χ0v) is 18.2. The predicted octanol–water partition coefficient (Wildman–Crippen LogP) is 5.13. The molecule has 4 nitrogen and oxygen atoms in total. The van der Waals surface area contributed by atoms with Crippen LogP contribution in [0.3, 0.4) is 0 Å². The minimum absolute atomic E-state index is 0.0274. The van der Waals surface area contributed by atoms with Gasteiger partial charge in [-0.1, -0.05) is 74.5 Å². The van der Waals surface area contributed by atoms with Crippen LogP contribution in [0.5, 0.6) is 0 Å². The Morgan fingerprint density at radius 3 is 2.17 bits per heavy atom. The first-order valence-electron chi connectivity index (χ1n) is 10.6. The summed E-state index contributed by atoms with van der Waals surface area (Å²) in [6.07, 6.45) is 2.08. The molecule has 1 aromatic heterocycles. The Hall–Kier alpha value is -2.85. The number of benzene rings is 2. The van der Waals surface area contributed by atoms with Crippen molar-refractivity contribution in [2.24, 2.45) is 5.92 Å². The van der Waals surface area contributed by atoms with Crippen LogP contribution in [0.1, 0.15) is 37.6 Å². The molecule has 0 fully saturated rings. The first-order valence-corrected chi connectivity index (χ1v) is 10.6. The summed E-state index contributed by atoms with van der Waals surface area (Å²) in [4.78, 5) is 15.0. The molecule has 158 valence electrons. The molecule has 4 heteroatoms. The van der Waals surface area contributed by atoms with Crippen LogP contribution in [0, 0.1) is 5.92 Å². The Labute approximate surface area is 180 Å². The molecule has 0 saturated carbocycles. The second-order valence-corrected chi connectivity index (χ2v) is 8.10. The molecule has 0 N–H and O–H groups in total. The van der Waals surface area contributed by atoms with E-state index in [-0.39, 0.29) is 18.6 Å². The van der Waals surface area contributed by atoms with Gasteiger partial charge in [0.25, 0.3) is 0 Å². The summed E-state index contributed by atoms with van der Waals surface area (Å²) in [6, 6.07) is 24.6. The minimum atomic E-state index is 0.0274. The average Bonchev–Trinajstić information content (AvgIpc) is 3.19. The fourth-order valence-corrected chi connectivity index (χ4v) is 3.43. The van der Waals surface area contributed by atoms with Crippen molar-refractivity contribution in [3.63, 3.8) is 0 Å². The molecule has 2 aromatic carbocycles. The van der Waals surface area contributed by atoms with Crippen molar-refractivity contribution >= 4 is 5.91 Å². The molecule has 0 aliphatic heterocycles. The SMILES string of the molecule is CC(C)[C@H](C)N(Cc1cccn1Cc1ccccc1)C(=O)COCc1ccccc1. The van der Waals surface area contributed by atoms with E-state index in [1.165, 1.54) is 5.56 Å². The van der Waals surface area contributed by atoms with Crippen molar-refractivity contribution in [1.82, 2.24) is 9.47 Å². The van der Waals surface area contributed by atoms with Crippen LogP contribution in [0.2, 0.25) is 0 Å². The summed E-state index contributed by atoms with van der Waals surface area (Å²) in [6.45, 7) is 8.33. The van der Waals surface area contributed by atoms with Gasteiger partial charge in [0.1, 0.15) is 6.61 Å². The van der Waals surface area contributed by atoms with Crippen LogP contribution in [0.25, 0.3) is 0 Å². The molecule has 3 aromatic rings. The zero-order chi connectivity index (χ0) is 21.3. The highest BCUT2D eigenvalue weighted by molar-refractivity contribution is 5.77. The molecule has 0 saturated heterocycles. The van der Waals surface area contributed by atoms with Crippen molar-refractivity contribution < 1.29 is 9.53 Å². The third-order valence-electron chi connectivity index (χ3n) is 5.57. The molecule has 1 amide bonds. The number of aromatic nitrogens is 1. The Morgan fingerprint density at radius 1 is 0.900 bits per heavy atom. The lowest BCUT2D eigenvalue weighted by molar-refractivity contribution is -0.140. The zero-order valence-electron chi connectivity index (χ0n) is 18.2. The van der Waals surface area contributed by atoms with Crippen molar-refractivity contribution in [3.05, 3.63) is 95.8 Å². The van der Waals surface area contributed by atoms with E-state index < -0.39 is 0 Å². The van der Waals surface area contributed by atoms with E-state index in [9.17, 15) is 4.79 Å². The molecule has 1 heterocycles. The van der Waals surface area contributed by atoms with E-state index >= 15 is 0 Å². The van der Waals surface area contributed by atoms with Crippen molar-refractivity contribution in [2.45, 2.75) is 46.5 Å². The average molecular weight is 405 g/mol. The Kier molecular flexibility index (Phi) is 7.86. The number of nitrogens with zero attached hydrogens (tertiary/aromatic N) is 2. The highest BCUT2D eigenvalue weighted by Crippen LogP contribution is 2.17. The topological polar surface area (TPSA) is 34.5 Å². The monoisotopic (exact) mass is 404 g/mol. The van der Waals surface area contributed by atoms with E-state index in [2.05, 4.69) is 61.9 Å². The molecular formula is C26H32N2O2. The number of hydrogen-bond donors (Lipinski definition) is 0. The van der Waals surface area contributed by atoms with Crippen LogP contribution in [-0.2, 0) is 29.2 Å². The van der Waals surface area contributed by atoms with E-state index in [0.717, 1.165) is 17.8 Å². The van der Waals surface area contributed by atoms with Gasteiger partial charge >= 0.3 is 0 Å². The lowest BCUT2D eigenvalue weighted by Gasteiger charge is -2.32. The van der Waals surface area contributed by atoms with Crippen molar-refractivity contribution in [1.29, 1.82) is 0 Å². The summed E-state index contributed by atoms with van der Waals surface area (Å²) >= 11 is 0. The van der Waals surface area contributed by atoms with Gasteiger partial charge in [0.2, 0.25) is 5.91 Å². The number of amides is 1. The maximum absolute atomic E-state index is 13.1. The van der Waals surface area contributed by atoms with Gasteiger partial charge in [0, 0.05) is 24.5 Å². The Balaban J connectivity index is 1.67. The third-order valence-corrected chi connectivity index (χ3v) is 5.57. The number of rotatable bonds is 10. The first kappa shape index (κ1) is 21.8. The van der Waals surface area contributed by atoms with Crippen LogP contribution < -0.4 is 0 Å². The second kappa shape index (κ2) is 10.8. The van der Waals surface area contributed by atoms with Gasteiger partial charge in [-0.05, 0) is 36.1 Å². The fraction of sp³-hybridized carbons (Fsp3) is 0.346. The minimum Gasteiger partial charge on any atom is -0.367 e. The highest BCUT2D eigenvalue weighted by atomic mass is 16.5. The van der Waals surface area contributed by atoms with Gasteiger partial charge in [-0.25, -0.2) is 0 Å². The molecule has 3 rings (SSSR count).